The first-order valence-electron chi connectivity index (χ1n) is 7.31. The Morgan fingerprint density at radius 3 is 2.79 bits per heavy atom. The Morgan fingerprint density at radius 1 is 1.04 bits per heavy atom. The number of rotatable bonds is 5. The summed E-state index contributed by atoms with van der Waals surface area (Å²) in [5.41, 5.74) is 2.82. The largest absolute Gasteiger partial charge is 0.461 e. The molecule has 0 saturated carbocycles. The number of furan rings is 1. The Morgan fingerprint density at radius 2 is 1.96 bits per heavy atom. The third kappa shape index (κ3) is 2.98. The quantitative estimate of drug-likeness (QED) is 0.492. The van der Waals surface area contributed by atoms with Gasteiger partial charge in [0.05, 0.1) is 12.0 Å². The van der Waals surface area contributed by atoms with Gasteiger partial charge in [-0.05, 0) is 30.7 Å². The second kappa shape index (κ2) is 6.37. The number of thioether (sulfide) groups is 1. The van der Waals surface area contributed by atoms with Gasteiger partial charge in [0.2, 0.25) is 11.7 Å². The van der Waals surface area contributed by atoms with Crippen LogP contribution in [-0.2, 0) is 5.75 Å². The summed E-state index contributed by atoms with van der Waals surface area (Å²) in [6.07, 6.45) is 1.60. The summed E-state index contributed by atoms with van der Waals surface area (Å²) in [5, 5.41) is 12.7. The highest BCUT2D eigenvalue weighted by Crippen LogP contribution is 2.28. The van der Waals surface area contributed by atoms with Crippen LogP contribution < -0.4 is 0 Å². The van der Waals surface area contributed by atoms with Gasteiger partial charge in [0, 0.05) is 17.4 Å². The molecule has 3 heterocycles. The Balaban J connectivity index is 1.45. The monoisotopic (exact) mass is 339 g/mol. The van der Waals surface area contributed by atoms with E-state index in [-0.39, 0.29) is 0 Å². The van der Waals surface area contributed by atoms with Crippen molar-refractivity contribution in [1.29, 1.82) is 0 Å². The molecule has 0 unspecified atom stereocenters. The van der Waals surface area contributed by atoms with E-state index in [2.05, 4.69) is 15.4 Å². The van der Waals surface area contributed by atoms with Crippen LogP contribution in [0.5, 0.6) is 0 Å². The van der Waals surface area contributed by atoms with Crippen molar-refractivity contribution in [1.82, 2.24) is 15.4 Å². The summed E-state index contributed by atoms with van der Waals surface area (Å²) in [6.45, 7) is 2.01. The van der Waals surface area contributed by atoms with Crippen molar-refractivity contribution in [2.24, 2.45) is 0 Å². The van der Waals surface area contributed by atoms with E-state index in [9.17, 15) is 0 Å². The van der Waals surface area contributed by atoms with Gasteiger partial charge in [0.1, 0.15) is 0 Å². The average Bonchev–Trinajstić information content (AvgIpc) is 3.34. The summed E-state index contributed by atoms with van der Waals surface area (Å²) >= 11 is 1.41. The van der Waals surface area contributed by atoms with Gasteiger partial charge in [-0.3, -0.25) is 0 Å². The van der Waals surface area contributed by atoms with E-state index in [1.807, 2.05) is 43.3 Å². The zero-order valence-electron chi connectivity index (χ0n) is 12.8. The molecule has 7 heteroatoms. The van der Waals surface area contributed by atoms with Crippen molar-refractivity contribution in [3.8, 4) is 23.0 Å². The van der Waals surface area contributed by atoms with Crippen LogP contribution in [0.2, 0.25) is 0 Å². The van der Waals surface area contributed by atoms with Crippen molar-refractivity contribution in [2.45, 2.75) is 17.9 Å². The number of aromatic nitrogens is 3. The number of nitrogens with zero attached hydrogens (tertiary/aromatic N) is 3. The van der Waals surface area contributed by atoms with Crippen LogP contribution in [0.1, 0.15) is 11.3 Å². The van der Waals surface area contributed by atoms with Crippen LogP contribution in [0.15, 0.2) is 67.3 Å². The summed E-state index contributed by atoms with van der Waals surface area (Å²) in [6, 6.07) is 13.4. The SMILES string of the molecule is Cc1ccccc1-c1nnc(SCc2cc(-c3ccco3)on2)o1. The molecule has 0 fully saturated rings. The van der Waals surface area contributed by atoms with Crippen molar-refractivity contribution < 1.29 is 13.4 Å². The minimum atomic E-state index is 0.496. The maximum atomic E-state index is 5.72. The highest BCUT2D eigenvalue weighted by Gasteiger charge is 2.13. The predicted molar refractivity (Wildman–Crippen MR) is 88.2 cm³/mol. The molecule has 0 radical (unpaired) electrons. The second-order valence-corrected chi connectivity index (χ2v) is 6.06. The van der Waals surface area contributed by atoms with E-state index in [1.54, 1.807) is 12.3 Å². The van der Waals surface area contributed by atoms with Gasteiger partial charge in [-0.2, -0.15) is 0 Å². The Labute approximate surface area is 141 Å². The van der Waals surface area contributed by atoms with Gasteiger partial charge in [0.15, 0.2) is 5.76 Å². The third-order valence-electron chi connectivity index (χ3n) is 3.45. The van der Waals surface area contributed by atoms with Gasteiger partial charge in [-0.25, -0.2) is 0 Å². The molecule has 0 bridgehead atoms. The summed E-state index contributed by atoms with van der Waals surface area (Å²) < 4.78 is 16.3. The zero-order chi connectivity index (χ0) is 16.4. The number of hydrogen-bond donors (Lipinski definition) is 0. The van der Waals surface area contributed by atoms with Gasteiger partial charge < -0.3 is 13.4 Å². The minimum Gasteiger partial charge on any atom is -0.461 e. The van der Waals surface area contributed by atoms with Crippen LogP contribution in [0, 0.1) is 6.92 Å². The smallest absolute Gasteiger partial charge is 0.277 e. The Kier molecular flexibility index (Phi) is 3.92. The lowest BCUT2D eigenvalue weighted by atomic mass is 10.1. The zero-order valence-corrected chi connectivity index (χ0v) is 13.6. The Hall–Kier alpha value is -2.80. The third-order valence-corrected chi connectivity index (χ3v) is 4.30. The molecule has 0 saturated heterocycles. The van der Waals surface area contributed by atoms with Crippen LogP contribution in [-0.4, -0.2) is 15.4 Å². The average molecular weight is 339 g/mol. The van der Waals surface area contributed by atoms with Crippen molar-refractivity contribution in [2.75, 3.05) is 0 Å². The van der Waals surface area contributed by atoms with Gasteiger partial charge in [-0.1, -0.05) is 35.1 Å². The highest BCUT2D eigenvalue weighted by molar-refractivity contribution is 7.98. The fourth-order valence-corrected chi connectivity index (χ4v) is 2.88. The lowest BCUT2D eigenvalue weighted by Gasteiger charge is -1.98. The maximum Gasteiger partial charge on any atom is 0.277 e. The van der Waals surface area contributed by atoms with E-state index >= 15 is 0 Å². The molecule has 6 nitrogen and oxygen atoms in total. The van der Waals surface area contributed by atoms with Crippen molar-refractivity contribution >= 4 is 11.8 Å². The molecule has 3 aromatic heterocycles. The first-order valence-corrected chi connectivity index (χ1v) is 8.30. The molecule has 24 heavy (non-hydrogen) atoms. The van der Waals surface area contributed by atoms with Gasteiger partial charge >= 0.3 is 0 Å². The first kappa shape index (κ1) is 14.8. The van der Waals surface area contributed by atoms with E-state index < -0.39 is 0 Å². The van der Waals surface area contributed by atoms with Crippen LogP contribution in [0.25, 0.3) is 23.0 Å². The molecular formula is C17H13N3O3S. The topological polar surface area (TPSA) is 78.1 Å². The maximum absolute atomic E-state index is 5.72. The number of benzene rings is 1. The van der Waals surface area contributed by atoms with E-state index in [0.29, 0.717) is 28.4 Å². The molecule has 120 valence electrons. The number of hydrogen-bond acceptors (Lipinski definition) is 7. The molecule has 0 N–H and O–H groups in total. The lowest BCUT2D eigenvalue weighted by molar-refractivity contribution is 0.413. The molecular weight excluding hydrogens is 326 g/mol. The van der Waals surface area contributed by atoms with E-state index in [0.717, 1.165) is 16.8 Å². The van der Waals surface area contributed by atoms with Crippen LogP contribution >= 0.6 is 11.8 Å². The lowest BCUT2D eigenvalue weighted by Crippen LogP contribution is -1.81. The first-order chi connectivity index (χ1) is 11.8. The summed E-state index contributed by atoms with van der Waals surface area (Å²) in [7, 11) is 0. The fourth-order valence-electron chi connectivity index (χ4n) is 2.24. The molecule has 0 amide bonds. The van der Waals surface area contributed by atoms with E-state index in [4.69, 9.17) is 13.4 Å². The molecule has 0 aliphatic heterocycles. The molecule has 4 aromatic rings. The van der Waals surface area contributed by atoms with Crippen molar-refractivity contribution in [3.63, 3.8) is 0 Å². The minimum absolute atomic E-state index is 0.496. The van der Waals surface area contributed by atoms with Crippen LogP contribution in [0.3, 0.4) is 0 Å². The summed E-state index contributed by atoms with van der Waals surface area (Å²) in [5.74, 6) is 2.34. The van der Waals surface area contributed by atoms with Gasteiger partial charge in [-0.15, -0.1) is 10.2 Å². The number of aryl methyl sites for hydroxylation is 1. The molecule has 0 aliphatic carbocycles. The van der Waals surface area contributed by atoms with E-state index in [1.165, 1.54) is 11.8 Å². The second-order valence-electron chi connectivity index (χ2n) is 5.14. The molecule has 0 aliphatic rings. The summed E-state index contributed by atoms with van der Waals surface area (Å²) in [4.78, 5) is 0. The predicted octanol–water partition coefficient (Wildman–Crippen LogP) is 4.59. The van der Waals surface area contributed by atoms with Gasteiger partial charge in [0.25, 0.3) is 5.22 Å². The van der Waals surface area contributed by atoms with Crippen LogP contribution in [0.4, 0.5) is 0 Å². The molecule has 0 atom stereocenters. The van der Waals surface area contributed by atoms with Crippen molar-refractivity contribution in [3.05, 3.63) is 60.0 Å². The molecule has 4 rings (SSSR count). The molecule has 1 aromatic carbocycles. The highest BCUT2D eigenvalue weighted by atomic mass is 32.2. The Bertz CT molecular complexity index is 944. The standard InChI is InChI=1S/C17H13N3O3S/c1-11-5-2-3-6-13(11)16-18-19-17(22-16)24-10-12-9-15(23-20-12)14-7-4-8-21-14/h2-9H,10H2,1H3. The fraction of sp³-hybridized carbons (Fsp3) is 0.118. The normalized spacial score (nSPS) is 11.0. The molecule has 0 spiro atoms.